The van der Waals surface area contributed by atoms with Crippen LogP contribution in [-0.4, -0.2) is 29.8 Å². The van der Waals surface area contributed by atoms with Crippen molar-refractivity contribution < 1.29 is 9.47 Å². The molecule has 0 radical (unpaired) electrons. The Morgan fingerprint density at radius 2 is 2.24 bits per heavy atom. The van der Waals surface area contributed by atoms with Gasteiger partial charge in [-0.3, -0.25) is 0 Å². The van der Waals surface area contributed by atoms with Gasteiger partial charge in [-0.05, 0) is 24.3 Å². The lowest BCUT2D eigenvalue weighted by Crippen LogP contribution is -2.44. The van der Waals surface area contributed by atoms with Crippen molar-refractivity contribution in [2.24, 2.45) is 5.41 Å². The Morgan fingerprint density at radius 1 is 1.38 bits per heavy atom. The standard InChI is InChI=1S/C16H15N3O2/c1-16(8-20-9-16)10-21-15-3-2-12(6-13(15)7-17)14-4-5-18-11-19-14/h2-6,11H,8-10H2,1H3. The molecule has 3 rings (SSSR count). The first-order valence-corrected chi connectivity index (χ1v) is 6.71. The minimum absolute atomic E-state index is 0.0536. The average molecular weight is 281 g/mol. The number of nitriles is 1. The molecule has 1 aliphatic rings. The van der Waals surface area contributed by atoms with Crippen molar-refractivity contribution in [3.63, 3.8) is 0 Å². The van der Waals surface area contributed by atoms with Crippen LogP contribution < -0.4 is 4.74 Å². The van der Waals surface area contributed by atoms with Gasteiger partial charge in [-0.25, -0.2) is 9.97 Å². The fourth-order valence-corrected chi connectivity index (χ4v) is 2.15. The van der Waals surface area contributed by atoms with E-state index in [0.717, 1.165) is 11.3 Å². The van der Waals surface area contributed by atoms with E-state index in [1.807, 2.05) is 18.2 Å². The molecule has 5 nitrogen and oxygen atoms in total. The average Bonchev–Trinajstić information content (AvgIpc) is 2.51. The Balaban J connectivity index is 1.81. The summed E-state index contributed by atoms with van der Waals surface area (Å²) < 4.78 is 11.0. The number of hydrogen-bond donors (Lipinski definition) is 0. The van der Waals surface area contributed by atoms with Crippen LogP contribution in [0.4, 0.5) is 0 Å². The van der Waals surface area contributed by atoms with Crippen LogP contribution in [0.5, 0.6) is 5.75 Å². The summed E-state index contributed by atoms with van der Waals surface area (Å²) in [5.74, 6) is 0.600. The van der Waals surface area contributed by atoms with Crippen LogP contribution in [-0.2, 0) is 4.74 Å². The number of hydrogen-bond acceptors (Lipinski definition) is 5. The monoisotopic (exact) mass is 281 g/mol. The summed E-state index contributed by atoms with van der Waals surface area (Å²) in [6, 6.07) is 9.50. The fraction of sp³-hybridized carbons (Fsp3) is 0.312. The predicted octanol–water partition coefficient (Wildman–Crippen LogP) is 2.43. The van der Waals surface area contributed by atoms with Crippen molar-refractivity contribution in [3.05, 3.63) is 42.4 Å². The molecule has 2 aromatic rings. The number of nitrogens with zero attached hydrogens (tertiary/aromatic N) is 3. The summed E-state index contributed by atoms with van der Waals surface area (Å²) in [5.41, 5.74) is 2.22. The van der Waals surface area contributed by atoms with Crippen LogP contribution in [0.25, 0.3) is 11.3 Å². The summed E-state index contributed by atoms with van der Waals surface area (Å²) in [4.78, 5) is 8.07. The third kappa shape index (κ3) is 2.86. The minimum Gasteiger partial charge on any atom is -0.491 e. The predicted molar refractivity (Wildman–Crippen MR) is 76.6 cm³/mol. The van der Waals surface area contributed by atoms with Gasteiger partial charge < -0.3 is 9.47 Å². The van der Waals surface area contributed by atoms with Gasteiger partial charge in [0.25, 0.3) is 0 Å². The van der Waals surface area contributed by atoms with Gasteiger partial charge in [0.1, 0.15) is 18.1 Å². The van der Waals surface area contributed by atoms with Gasteiger partial charge in [0.2, 0.25) is 0 Å². The molecule has 2 heterocycles. The van der Waals surface area contributed by atoms with Gasteiger partial charge in [0.05, 0.1) is 31.1 Å². The molecular weight excluding hydrogens is 266 g/mol. The first kappa shape index (κ1) is 13.5. The van der Waals surface area contributed by atoms with Crippen molar-refractivity contribution in [2.45, 2.75) is 6.92 Å². The second-order valence-electron chi connectivity index (χ2n) is 5.51. The highest BCUT2D eigenvalue weighted by Gasteiger charge is 2.34. The van der Waals surface area contributed by atoms with Crippen molar-refractivity contribution in [1.29, 1.82) is 5.26 Å². The van der Waals surface area contributed by atoms with Crippen LogP contribution in [0.1, 0.15) is 12.5 Å². The molecule has 0 amide bonds. The molecule has 0 aliphatic carbocycles. The van der Waals surface area contributed by atoms with Crippen molar-refractivity contribution in [2.75, 3.05) is 19.8 Å². The highest BCUT2D eigenvalue weighted by molar-refractivity contribution is 5.63. The summed E-state index contributed by atoms with van der Waals surface area (Å²) in [6.07, 6.45) is 3.17. The molecule has 0 bridgehead atoms. The van der Waals surface area contributed by atoms with Crippen LogP contribution in [0, 0.1) is 16.7 Å². The molecule has 1 aromatic carbocycles. The van der Waals surface area contributed by atoms with Crippen molar-refractivity contribution in [1.82, 2.24) is 9.97 Å². The molecule has 0 saturated carbocycles. The maximum Gasteiger partial charge on any atom is 0.137 e. The van der Waals surface area contributed by atoms with Gasteiger partial charge in [0.15, 0.2) is 0 Å². The maximum atomic E-state index is 9.30. The Kier molecular flexibility index (Phi) is 3.55. The largest absolute Gasteiger partial charge is 0.491 e. The number of aromatic nitrogens is 2. The number of ether oxygens (including phenoxy) is 2. The van der Waals surface area contributed by atoms with Gasteiger partial charge >= 0.3 is 0 Å². The zero-order chi connectivity index (χ0) is 14.7. The SMILES string of the molecule is CC1(COc2ccc(-c3ccncn3)cc2C#N)COC1. The zero-order valence-electron chi connectivity index (χ0n) is 11.7. The Labute approximate surface area is 123 Å². The maximum absolute atomic E-state index is 9.30. The molecule has 1 aromatic heterocycles. The molecule has 106 valence electrons. The minimum atomic E-state index is 0.0536. The van der Waals surface area contributed by atoms with E-state index in [0.29, 0.717) is 31.1 Å². The molecule has 1 fully saturated rings. The fourth-order valence-electron chi connectivity index (χ4n) is 2.15. The van der Waals surface area contributed by atoms with Gasteiger partial charge in [-0.2, -0.15) is 5.26 Å². The van der Waals surface area contributed by atoms with E-state index in [-0.39, 0.29) is 5.41 Å². The molecular formula is C16H15N3O2. The molecule has 0 spiro atoms. The van der Waals surface area contributed by atoms with Crippen LogP contribution >= 0.6 is 0 Å². The topological polar surface area (TPSA) is 68.0 Å². The quantitative estimate of drug-likeness (QED) is 0.861. The van der Waals surface area contributed by atoms with E-state index in [2.05, 4.69) is 23.0 Å². The third-order valence-electron chi connectivity index (χ3n) is 3.45. The van der Waals surface area contributed by atoms with Gasteiger partial charge in [0, 0.05) is 17.2 Å². The van der Waals surface area contributed by atoms with Crippen LogP contribution in [0.2, 0.25) is 0 Å². The summed E-state index contributed by atoms with van der Waals surface area (Å²) in [6.45, 7) is 4.06. The van der Waals surface area contributed by atoms with Gasteiger partial charge in [-0.15, -0.1) is 0 Å². The van der Waals surface area contributed by atoms with E-state index in [9.17, 15) is 5.26 Å². The molecule has 1 saturated heterocycles. The van der Waals surface area contributed by atoms with Gasteiger partial charge in [-0.1, -0.05) is 6.92 Å². The Hall–Kier alpha value is -2.45. The highest BCUT2D eigenvalue weighted by Crippen LogP contribution is 2.30. The summed E-state index contributed by atoms with van der Waals surface area (Å²) in [7, 11) is 0. The lowest BCUT2D eigenvalue weighted by molar-refractivity contribution is -0.120. The van der Waals surface area contributed by atoms with E-state index in [1.54, 1.807) is 12.3 Å². The molecule has 0 unspecified atom stereocenters. The zero-order valence-corrected chi connectivity index (χ0v) is 11.7. The van der Waals surface area contributed by atoms with E-state index in [4.69, 9.17) is 9.47 Å². The lowest BCUT2D eigenvalue weighted by Gasteiger charge is -2.37. The summed E-state index contributed by atoms with van der Waals surface area (Å²) in [5, 5.41) is 9.30. The van der Waals surface area contributed by atoms with E-state index in [1.165, 1.54) is 6.33 Å². The molecule has 5 heteroatoms. The molecule has 0 N–H and O–H groups in total. The second kappa shape index (κ2) is 5.51. The Bertz CT molecular complexity index is 676. The molecule has 21 heavy (non-hydrogen) atoms. The number of benzene rings is 1. The normalized spacial score (nSPS) is 15.8. The van der Waals surface area contributed by atoms with Crippen molar-refractivity contribution >= 4 is 0 Å². The van der Waals surface area contributed by atoms with Crippen LogP contribution in [0.15, 0.2) is 36.8 Å². The first-order chi connectivity index (χ1) is 10.2. The van der Waals surface area contributed by atoms with E-state index < -0.39 is 0 Å². The smallest absolute Gasteiger partial charge is 0.137 e. The molecule has 1 aliphatic heterocycles. The van der Waals surface area contributed by atoms with Crippen LogP contribution in [0.3, 0.4) is 0 Å². The van der Waals surface area contributed by atoms with E-state index >= 15 is 0 Å². The molecule has 0 atom stereocenters. The Morgan fingerprint density at radius 3 is 2.86 bits per heavy atom. The first-order valence-electron chi connectivity index (χ1n) is 6.71. The summed E-state index contributed by atoms with van der Waals surface area (Å²) >= 11 is 0. The third-order valence-corrected chi connectivity index (χ3v) is 3.45. The lowest BCUT2D eigenvalue weighted by atomic mass is 9.90. The second-order valence-corrected chi connectivity index (χ2v) is 5.51. The van der Waals surface area contributed by atoms with Crippen molar-refractivity contribution in [3.8, 4) is 23.1 Å². The number of rotatable bonds is 4. The highest BCUT2D eigenvalue weighted by atomic mass is 16.5.